The molecule has 0 radical (unpaired) electrons. The Morgan fingerprint density at radius 2 is 1.36 bits per heavy atom. The van der Waals surface area contributed by atoms with E-state index >= 15 is 0 Å². The highest BCUT2D eigenvalue weighted by molar-refractivity contribution is 5.82. The Morgan fingerprint density at radius 3 is 2.14 bits per heavy atom. The average Bonchev–Trinajstić information content (AvgIpc) is 3.04. The molecule has 3 aromatic carbocycles. The molecule has 0 nitrogen and oxygen atoms in total. The summed E-state index contributed by atoms with van der Waals surface area (Å²) in [6, 6.07) is 24.0. The molecule has 3 aromatic rings. The first kappa shape index (κ1) is 13.1. The van der Waals surface area contributed by atoms with Crippen LogP contribution in [0.3, 0.4) is 0 Å². The lowest BCUT2D eigenvalue weighted by molar-refractivity contribution is 1.29. The predicted molar refractivity (Wildman–Crippen MR) is 94.8 cm³/mol. The third kappa shape index (κ3) is 2.17. The molecule has 0 saturated heterocycles. The molecule has 1 aliphatic carbocycles. The van der Waals surface area contributed by atoms with Crippen LogP contribution in [0.5, 0.6) is 0 Å². The summed E-state index contributed by atoms with van der Waals surface area (Å²) in [5, 5.41) is 0. The van der Waals surface area contributed by atoms with E-state index in [1.165, 1.54) is 38.9 Å². The fourth-order valence-corrected chi connectivity index (χ4v) is 3.29. The number of rotatable bonds is 2. The maximum atomic E-state index is 2.27. The van der Waals surface area contributed by atoms with Gasteiger partial charge in [0.15, 0.2) is 0 Å². The minimum Gasteiger partial charge on any atom is -0.0795 e. The molecule has 0 bridgehead atoms. The highest BCUT2D eigenvalue weighted by atomic mass is 14.2. The standard InChI is InChI=1S/C22H18/c1-16-10-11-19-8-5-9-21(19)22(16)20-14-12-18(13-15-20)17-6-3-2-4-7-17/h2-7,9-15H,8H2,1H3. The van der Waals surface area contributed by atoms with Crippen LogP contribution in [0.25, 0.3) is 28.3 Å². The van der Waals surface area contributed by atoms with Crippen LogP contribution in [0.15, 0.2) is 72.8 Å². The summed E-state index contributed by atoms with van der Waals surface area (Å²) < 4.78 is 0. The summed E-state index contributed by atoms with van der Waals surface area (Å²) in [6.45, 7) is 2.20. The molecule has 0 heterocycles. The van der Waals surface area contributed by atoms with Gasteiger partial charge in [-0.05, 0) is 52.3 Å². The van der Waals surface area contributed by atoms with E-state index in [2.05, 4.69) is 85.8 Å². The van der Waals surface area contributed by atoms with Gasteiger partial charge in [-0.1, -0.05) is 78.9 Å². The van der Waals surface area contributed by atoms with Crippen molar-refractivity contribution >= 4 is 6.08 Å². The highest BCUT2D eigenvalue weighted by Gasteiger charge is 2.13. The molecular weight excluding hydrogens is 264 g/mol. The number of allylic oxidation sites excluding steroid dienone is 1. The van der Waals surface area contributed by atoms with E-state index in [0.29, 0.717) is 0 Å². The molecule has 22 heavy (non-hydrogen) atoms. The predicted octanol–water partition coefficient (Wildman–Crippen LogP) is 5.90. The van der Waals surface area contributed by atoms with Crippen LogP contribution in [0, 0.1) is 6.92 Å². The number of hydrogen-bond donors (Lipinski definition) is 0. The molecule has 0 atom stereocenters. The van der Waals surface area contributed by atoms with E-state index in [4.69, 9.17) is 0 Å². The van der Waals surface area contributed by atoms with Crippen molar-refractivity contribution in [2.24, 2.45) is 0 Å². The highest BCUT2D eigenvalue weighted by Crippen LogP contribution is 2.35. The van der Waals surface area contributed by atoms with Gasteiger partial charge >= 0.3 is 0 Å². The first-order chi connectivity index (χ1) is 10.8. The third-order valence-corrected chi connectivity index (χ3v) is 4.45. The van der Waals surface area contributed by atoms with Crippen LogP contribution in [0.4, 0.5) is 0 Å². The fraction of sp³-hybridized carbons (Fsp3) is 0.0909. The monoisotopic (exact) mass is 282 g/mol. The lowest BCUT2D eigenvalue weighted by Crippen LogP contribution is -1.91. The summed E-state index contributed by atoms with van der Waals surface area (Å²) in [4.78, 5) is 0. The Hall–Kier alpha value is -2.60. The van der Waals surface area contributed by atoms with Crippen LogP contribution in [-0.2, 0) is 6.42 Å². The SMILES string of the molecule is Cc1ccc2c(c1-c1ccc(-c3ccccc3)cc1)C=CC2. The maximum Gasteiger partial charge on any atom is -0.00794 e. The average molecular weight is 282 g/mol. The van der Waals surface area contributed by atoms with Gasteiger partial charge in [0.25, 0.3) is 0 Å². The largest absolute Gasteiger partial charge is 0.0795 e. The molecule has 0 N–H and O–H groups in total. The van der Waals surface area contributed by atoms with Gasteiger partial charge in [0.2, 0.25) is 0 Å². The zero-order valence-electron chi connectivity index (χ0n) is 12.7. The van der Waals surface area contributed by atoms with Gasteiger partial charge in [0, 0.05) is 0 Å². The molecular formula is C22H18. The normalized spacial score (nSPS) is 12.4. The van der Waals surface area contributed by atoms with E-state index in [1.54, 1.807) is 0 Å². The molecule has 1 aliphatic rings. The summed E-state index contributed by atoms with van der Waals surface area (Å²) in [7, 11) is 0. The number of aryl methyl sites for hydroxylation is 1. The quantitative estimate of drug-likeness (QED) is 0.549. The summed E-state index contributed by atoms with van der Waals surface area (Å²) in [5.74, 6) is 0. The first-order valence-corrected chi connectivity index (χ1v) is 7.78. The van der Waals surface area contributed by atoms with Gasteiger partial charge < -0.3 is 0 Å². The summed E-state index contributed by atoms with van der Waals surface area (Å²) in [6.07, 6.45) is 5.58. The van der Waals surface area contributed by atoms with E-state index in [0.717, 1.165) is 6.42 Å². The van der Waals surface area contributed by atoms with Crippen molar-refractivity contribution in [2.45, 2.75) is 13.3 Å². The van der Waals surface area contributed by atoms with Crippen molar-refractivity contribution < 1.29 is 0 Å². The Balaban J connectivity index is 1.79. The molecule has 0 amide bonds. The Labute approximate surface area is 131 Å². The van der Waals surface area contributed by atoms with Gasteiger partial charge in [0.05, 0.1) is 0 Å². The maximum absolute atomic E-state index is 2.27. The molecule has 0 saturated carbocycles. The zero-order chi connectivity index (χ0) is 14.9. The van der Waals surface area contributed by atoms with Crippen LogP contribution in [-0.4, -0.2) is 0 Å². The van der Waals surface area contributed by atoms with Crippen molar-refractivity contribution in [3.63, 3.8) is 0 Å². The molecule has 0 spiro atoms. The van der Waals surface area contributed by atoms with Crippen LogP contribution in [0.2, 0.25) is 0 Å². The van der Waals surface area contributed by atoms with Crippen molar-refractivity contribution in [3.8, 4) is 22.3 Å². The smallest absolute Gasteiger partial charge is 0.00794 e. The number of hydrogen-bond acceptors (Lipinski definition) is 0. The summed E-state index contributed by atoms with van der Waals surface area (Å²) >= 11 is 0. The van der Waals surface area contributed by atoms with Crippen LogP contribution < -0.4 is 0 Å². The molecule has 106 valence electrons. The number of benzene rings is 3. The Morgan fingerprint density at radius 1 is 0.682 bits per heavy atom. The van der Waals surface area contributed by atoms with Gasteiger partial charge in [-0.15, -0.1) is 0 Å². The zero-order valence-corrected chi connectivity index (χ0v) is 12.7. The third-order valence-electron chi connectivity index (χ3n) is 4.45. The molecule has 0 unspecified atom stereocenters. The molecule has 4 rings (SSSR count). The second-order valence-electron chi connectivity index (χ2n) is 5.88. The van der Waals surface area contributed by atoms with Gasteiger partial charge in [0.1, 0.15) is 0 Å². The van der Waals surface area contributed by atoms with Crippen molar-refractivity contribution in [1.82, 2.24) is 0 Å². The Bertz CT molecular complexity index is 837. The molecule has 0 aliphatic heterocycles. The second kappa shape index (κ2) is 5.31. The lowest BCUT2D eigenvalue weighted by atomic mass is 9.92. The van der Waals surface area contributed by atoms with E-state index in [9.17, 15) is 0 Å². The second-order valence-corrected chi connectivity index (χ2v) is 5.88. The number of fused-ring (bicyclic) bond motifs is 1. The molecule has 0 aromatic heterocycles. The van der Waals surface area contributed by atoms with Crippen molar-refractivity contribution in [2.75, 3.05) is 0 Å². The van der Waals surface area contributed by atoms with Gasteiger partial charge in [-0.2, -0.15) is 0 Å². The summed E-state index contributed by atoms with van der Waals surface area (Å²) in [5.41, 5.74) is 9.40. The Kier molecular flexibility index (Phi) is 3.16. The molecule has 0 heteroatoms. The fourth-order valence-electron chi connectivity index (χ4n) is 3.29. The molecule has 0 fully saturated rings. The minimum absolute atomic E-state index is 1.06. The lowest BCUT2D eigenvalue weighted by Gasteiger charge is -2.13. The van der Waals surface area contributed by atoms with Crippen LogP contribution >= 0.6 is 0 Å². The van der Waals surface area contributed by atoms with Gasteiger partial charge in [-0.3, -0.25) is 0 Å². The topological polar surface area (TPSA) is 0 Å². The van der Waals surface area contributed by atoms with Crippen molar-refractivity contribution in [1.29, 1.82) is 0 Å². The van der Waals surface area contributed by atoms with E-state index in [-0.39, 0.29) is 0 Å². The van der Waals surface area contributed by atoms with Crippen LogP contribution in [0.1, 0.15) is 16.7 Å². The van der Waals surface area contributed by atoms with E-state index < -0.39 is 0 Å². The minimum atomic E-state index is 1.06. The van der Waals surface area contributed by atoms with Crippen molar-refractivity contribution in [3.05, 3.63) is 89.5 Å². The first-order valence-electron chi connectivity index (χ1n) is 7.78. The van der Waals surface area contributed by atoms with Gasteiger partial charge in [-0.25, -0.2) is 0 Å². The van der Waals surface area contributed by atoms with E-state index in [1.807, 2.05) is 0 Å².